The van der Waals surface area contributed by atoms with E-state index in [1.54, 1.807) is 0 Å². The van der Waals surface area contributed by atoms with E-state index in [9.17, 15) is 4.79 Å². The summed E-state index contributed by atoms with van der Waals surface area (Å²) in [6.07, 6.45) is 3.68. The van der Waals surface area contributed by atoms with Crippen molar-refractivity contribution in [3.8, 4) is 0 Å². The van der Waals surface area contributed by atoms with Gasteiger partial charge in [0.25, 0.3) is 0 Å². The molecule has 18 heavy (non-hydrogen) atoms. The molecule has 0 atom stereocenters. The first-order chi connectivity index (χ1) is 8.90. The number of rotatable bonds is 3. The van der Waals surface area contributed by atoms with E-state index in [-0.39, 0.29) is 0 Å². The van der Waals surface area contributed by atoms with Gasteiger partial charge in [-0.05, 0) is 18.9 Å². The van der Waals surface area contributed by atoms with Crippen molar-refractivity contribution >= 4 is 6.29 Å². The van der Waals surface area contributed by atoms with Crippen molar-refractivity contribution in [2.75, 3.05) is 26.4 Å². The van der Waals surface area contributed by atoms with E-state index in [0.717, 1.165) is 30.3 Å². The Morgan fingerprint density at radius 1 is 0.944 bits per heavy atom. The van der Waals surface area contributed by atoms with Crippen LogP contribution in [0.2, 0.25) is 0 Å². The molecule has 98 valence electrons. The van der Waals surface area contributed by atoms with Crippen LogP contribution in [0, 0.1) is 0 Å². The number of carbonyl (C=O) groups is 1. The van der Waals surface area contributed by atoms with Crippen molar-refractivity contribution in [3.05, 3.63) is 22.8 Å². The van der Waals surface area contributed by atoms with Crippen LogP contribution in [-0.2, 0) is 23.7 Å². The molecule has 0 aromatic rings. The topological polar surface area (TPSA) is 54.0 Å². The molecule has 0 aromatic heterocycles. The van der Waals surface area contributed by atoms with Crippen LogP contribution in [0.1, 0.15) is 12.8 Å². The Morgan fingerprint density at radius 3 is 2.06 bits per heavy atom. The first kappa shape index (κ1) is 12.0. The van der Waals surface area contributed by atoms with Crippen LogP contribution in [-0.4, -0.2) is 45.3 Å². The summed E-state index contributed by atoms with van der Waals surface area (Å²) < 4.78 is 21.9. The molecule has 0 unspecified atom stereocenters. The number of aldehydes is 1. The van der Waals surface area contributed by atoms with E-state index in [4.69, 9.17) is 18.9 Å². The normalized spacial score (nSPS) is 26.8. The second-order valence-electron chi connectivity index (χ2n) is 4.44. The van der Waals surface area contributed by atoms with Crippen LogP contribution in [0.15, 0.2) is 22.8 Å². The lowest BCUT2D eigenvalue weighted by Gasteiger charge is -2.34. The lowest BCUT2D eigenvalue weighted by Crippen LogP contribution is -2.35. The minimum Gasteiger partial charge on any atom is -0.348 e. The Balaban J connectivity index is 1.70. The lowest BCUT2D eigenvalue weighted by atomic mass is 9.88. The molecule has 0 amide bonds. The van der Waals surface area contributed by atoms with Gasteiger partial charge in [-0.15, -0.1) is 0 Å². The summed E-state index contributed by atoms with van der Waals surface area (Å²) in [7, 11) is 0. The number of ether oxygens (including phenoxy) is 4. The number of hydrogen-bond acceptors (Lipinski definition) is 5. The summed E-state index contributed by atoms with van der Waals surface area (Å²) in [5, 5.41) is 0. The van der Waals surface area contributed by atoms with Crippen molar-refractivity contribution in [1.82, 2.24) is 0 Å². The molecule has 5 heteroatoms. The third-order valence-electron chi connectivity index (χ3n) is 3.21. The summed E-state index contributed by atoms with van der Waals surface area (Å²) in [5.41, 5.74) is 2.21. The fourth-order valence-corrected chi connectivity index (χ4v) is 2.27. The molecule has 0 saturated carbocycles. The minimum absolute atomic E-state index is 0.411. The van der Waals surface area contributed by atoms with Gasteiger partial charge in [0.2, 0.25) is 0 Å². The van der Waals surface area contributed by atoms with Crippen LogP contribution in [0.4, 0.5) is 0 Å². The standard InChI is InChI=1S/C13H16O5/c14-8-11-9(12-15-3-1-4-16-12)7-10(11)13-17-5-2-6-18-13/h7-8,12-13H,1-6H2. The second-order valence-corrected chi connectivity index (χ2v) is 4.44. The molecule has 0 aromatic carbocycles. The van der Waals surface area contributed by atoms with Crippen LogP contribution < -0.4 is 0 Å². The van der Waals surface area contributed by atoms with Gasteiger partial charge in [0.15, 0.2) is 18.9 Å². The van der Waals surface area contributed by atoms with Gasteiger partial charge in [-0.2, -0.15) is 0 Å². The van der Waals surface area contributed by atoms with Crippen LogP contribution in [0.25, 0.3) is 0 Å². The Labute approximate surface area is 105 Å². The molecule has 5 nitrogen and oxygen atoms in total. The van der Waals surface area contributed by atoms with Gasteiger partial charge in [-0.3, -0.25) is 4.79 Å². The van der Waals surface area contributed by atoms with Gasteiger partial charge in [0.1, 0.15) is 0 Å². The largest absolute Gasteiger partial charge is 0.348 e. The van der Waals surface area contributed by atoms with Crippen molar-refractivity contribution in [2.45, 2.75) is 25.4 Å². The zero-order valence-electron chi connectivity index (χ0n) is 10.1. The molecule has 0 N–H and O–H groups in total. The zero-order chi connectivity index (χ0) is 12.4. The highest BCUT2D eigenvalue weighted by atomic mass is 16.7. The molecule has 3 rings (SSSR count). The zero-order valence-corrected chi connectivity index (χ0v) is 10.1. The molecule has 3 aliphatic rings. The summed E-state index contributed by atoms with van der Waals surface area (Å²) in [6, 6.07) is 0. The quantitative estimate of drug-likeness (QED) is 0.700. The molecular formula is C13H16O5. The first-order valence-corrected chi connectivity index (χ1v) is 6.28. The average molecular weight is 252 g/mol. The maximum absolute atomic E-state index is 11.2. The van der Waals surface area contributed by atoms with Gasteiger partial charge in [0, 0.05) is 16.7 Å². The molecule has 2 heterocycles. The van der Waals surface area contributed by atoms with Crippen molar-refractivity contribution in [3.63, 3.8) is 0 Å². The Hall–Kier alpha value is -1.01. The van der Waals surface area contributed by atoms with Crippen molar-refractivity contribution in [1.29, 1.82) is 0 Å². The molecular weight excluding hydrogens is 236 g/mol. The average Bonchev–Trinajstić information content (AvgIpc) is 2.41. The van der Waals surface area contributed by atoms with E-state index in [0.29, 0.717) is 32.0 Å². The minimum atomic E-state index is -0.411. The first-order valence-electron chi connectivity index (χ1n) is 6.28. The van der Waals surface area contributed by atoms with Crippen LogP contribution in [0.3, 0.4) is 0 Å². The fourth-order valence-electron chi connectivity index (χ4n) is 2.27. The molecule has 0 radical (unpaired) electrons. The van der Waals surface area contributed by atoms with E-state index in [1.165, 1.54) is 0 Å². The Bertz CT molecular complexity index is 386. The summed E-state index contributed by atoms with van der Waals surface area (Å²) in [6.45, 7) is 2.67. The highest BCUT2D eigenvalue weighted by Gasteiger charge is 2.34. The molecule has 0 spiro atoms. The third-order valence-corrected chi connectivity index (χ3v) is 3.21. The molecule has 2 saturated heterocycles. The van der Waals surface area contributed by atoms with Gasteiger partial charge in [0.05, 0.1) is 26.4 Å². The van der Waals surface area contributed by atoms with Gasteiger partial charge in [-0.25, -0.2) is 0 Å². The maximum Gasteiger partial charge on any atom is 0.184 e. The summed E-state index contributed by atoms with van der Waals surface area (Å²) >= 11 is 0. The maximum atomic E-state index is 11.2. The SMILES string of the molecule is O=CC1=C(C2OCCCO2)C=C1C1OCCCO1. The van der Waals surface area contributed by atoms with Gasteiger partial charge in [-0.1, -0.05) is 0 Å². The van der Waals surface area contributed by atoms with Crippen molar-refractivity contribution in [2.24, 2.45) is 0 Å². The van der Waals surface area contributed by atoms with E-state index in [2.05, 4.69) is 0 Å². The van der Waals surface area contributed by atoms with Gasteiger partial charge < -0.3 is 18.9 Å². The monoisotopic (exact) mass is 252 g/mol. The summed E-state index contributed by atoms with van der Waals surface area (Å²) in [5.74, 6) is 0. The van der Waals surface area contributed by atoms with E-state index in [1.807, 2.05) is 6.08 Å². The molecule has 2 fully saturated rings. The van der Waals surface area contributed by atoms with Crippen molar-refractivity contribution < 1.29 is 23.7 Å². The third kappa shape index (κ3) is 2.14. The Morgan fingerprint density at radius 2 is 1.50 bits per heavy atom. The molecule has 1 aliphatic carbocycles. The fraction of sp³-hybridized carbons (Fsp3) is 0.615. The summed E-state index contributed by atoms with van der Waals surface area (Å²) in [4.78, 5) is 11.2. The lowest BCUT2D eigenvalue weighted by molar-refractivity contribution is -0.163. The highest BCUT2D eigenvalue weighted by molar-refractivity contribution is 5.87. The highest BCUT2D eigenvalue weighted by Crippen LogP contribution is 2.35. The number of hydrogen-bond donors (Lipinski definition) is 0. The molecule has 0 bridgehead atoms. The van der Waals surface area contributed by atoms with Gasteiger partial charge >= 0.3 is 0 Å². The smallest absolute Gasteiger partial charge is 0.184 e. The van der Waals surface area contributed by atoms with Crippen LogP contribution in [0.5, 0.6) is 0 Å². The van der Waals surface area contributed by atoms with Crippen LogP contribution >= 0.6 is 0 Å². The second kappa shape index (κ2) is 5.32. The predicted molar refractivity (Wildman–Crippen MR) is 61.8 cm³/mol. The predicted octanol–water partition coefficient (Wildman–Crippen LogP) is 0.948. The molecule has 2 aliphatic heterocycles. The van der Waals surface area contributed by atoms with E-state index >= 15 is 0 Å². The van der Waals surface area contributed by atoms with E-state index < -0.39 is 12.6 Å². The Kier molecular flexibility index (Phi) is 3.56. The number of carbonyl (C=O) groups excluding carboxylic acids is 1.